The van der Waals surface area contributed by atoms with Crippen molar-refractivity contribution in [2.75, 3.05) is 25.7 Å². The molecular formula is C17H20F3N3O2. The molecule has 1 aromatic carbocycles. The molecule has 5 nitrogen and oxygen atoms in total. The number of alkyl halides is 3. The van der Waals surface area contributed by atoms with Gasteiger partial charge in [-0.25, -0.2) is 4.98 Å². The zero-order valence-electron chi connectivity index (χ0n) is 14.5. The van der Waals surface area contributed by atoms with Crippen molar-refractivity contribution in [2.24, 2.45) is 5.92 Å². The Morgan fingerprint density at radius 1 is 1.16 bits per heavy atom. The highest BCUT2D eigenvalue weighted by atomic mass is 19.4. The number of anilines is 2. The van der Waals surface area contributed by atoms with Crippen molar-refractivity contribution in [3.63, 3.8) is 0 Å². The van der Waals surface area contributed by atoms with E-state index >= 15 is 0 Å². The number of aromatic nitrogens is 2. The van der Waals surface area contributed by atoms with Crippen LogP contribution in [0.2, 0.25) is 0 Å². The summed E-state index contributed by atoms with van der Waals surface area (Å²) >= 11 is 0. The molecule has 0 aliphatic heterocycles. The summed E-state index contributed by atoms with van der Waals surface area (Å²) in [6.07, 6.45) is -3.85. The number of methoxy groups -OCH3 is 1. The fourth-order valence-electron chi connectivity index (χ4n) is 2.06. The van der Waals surface area contributed by atoms with Crippen LogP contribution in [0.1, 0.15) is 19.4 Å². The Kier molecular flexibility index (Phi) is 5.71. The molecule has 0 saturated carbocycles. The number of hydrogen-bond acceptors (Lipinski definition) is 5. The summed E-state index contributed by atoms with van der Waals surface area (Å²) in [5.74, 6) is 0.752. The fraction of sp³-hybridized carbons (Fsp3) is 0.412. The largest absolute Gasteiger partial charge is 0.493 e. The molecule has 2 aromatic rings. The van der Waals surface area contributed by atoms with E-state index in [2.05, 4.69) is 9.97 Å². The zero-order valence-corrected chi connectivity index (χ0v) is 14.5. The summed E-state index contributed by atoms with van der Waals surface area (Å²) in [6, 6.07) is 6.63. The second-order valence-corrected chi connectivity index (χ2v) is 5.85. The third-order valence-corrected chi connectivity index (χ3v) is 3.36. The average molecular weight is 355 g/mol. The molecule has 0 atom stereocenters. The van der Waals surface area contributed by atoms with E-state index in [1.54, 1.807) is 24.3 Å². The Morgan fingerprint density at radius 3 is 2.32 bits per heavy atom. The fourth-order valence-corrected chi connectivity index (χ4v) is 2.06. The van der Waals surface area contributed by atoms with Crippen LogP contribution in [0.3, 0.4) is 0 Å². The van der Waals surface area contributed by atoms with Gasteiger partial charge in [-0.05, 0) is 30.2 Å². The van der Waals surface area contributed by atoms with Gasteiger partial charge in [0.1, 0.15) is 11.3 Å². The molecule has 0 N–H and O–H groups in total. The Labute approximate surface area is 144 Å². The average Bonchev–Trinajstić information content (AvgIpc) is 2.58. The van der Waals surface area contributed by atoms with Gasteiger partial charge in [0.25, 0.3) is 0 Å². The van der Waals surface area contributed by atoms with Crippen molar-refractivity contribution in [2.45, 2.75) is 20.0 Å². The molecule has 0 aliphatic rings. The standard InChI is InChI=1S/C17H20F3N3O2/c1-11(2)10-25-13-7-5-12(6-8-13)23(3)15-14(17(18,19)20)9-21-16(22-15)24-4/h5-9,11H,10H2,1-4H3. The van der Waals surface area contributed by atoms with Crippen molar-refractivity contribution in [3.8, 4) is 11.8 Å². The number of hydrogen-bond donors (Lipinski definition) is 0. The van der Waals surface area contributed by atoms with E-state index in [9.17, 15) is 13.2 Å². The summed E-state index contributed by atoms with van der Waals surface area (Å²) in [7, 11) is 2.80. The zero-order chi connectivity index (χ0) is 18.6. The molecule has 25 heavy (non-hydrogen) atoms. The Balaban J connectivity index is 2.31. The molecule has 0 radical (unpaired) electrons. The summed E-state index contributed by atoms with van der Waals surface area (Å²) < 4.78 is 50.1. The lowest BCUT2D eigenvalue weighted by Gasteiger charge is -2.22. The minimum Gasteiger partial charge on any atom is -0.493 e. The van der Waals surface area contributed by atoms with Crippen molar-refractivity contribution in [3.05, 3.63) is 36.0 Å². The highest BCUT2D eigenvalue weighted by Crippen LogP contribution is 2.37. The van der Waals surface area contributed by atoms with Crippen LogP contribution in [0.4, 0.5) is 24.7 Å². The molecule has 0 bridgehead atoms. The Hall–Kier alpha value is -2.51. The van der Waals surface area contributed by atoms with Gasteiger partial charge in [0.05, 0.1) is 13.7 Å². The first-order chi connectivity index (χ1) is 11.7. The van der Waals surface area contributed by atoms with E-state index in [-0.39, 0.29) is 11.8 Å². The number of nitrogens with zero attached hydrogens (tertiary/aromatic N) is 3. The first kappa shape index (κ1) is 18.8. The van der Waals surface area contributed by atoms with Crippen molar-refractivity contribution < 1.29 is 22.6 Å². The molecular weight excluding hydrogens is 335 g/mol. The predicted molar refractivity (Wildman–Crippen MR) is 88.4 cm³/mol. The van der Waals surface area contributed by atoms with Gasteiger partial charge in [-0.1, -0.05) is 13.8 Å². The molecule has 0 saturated heterocycles. The van der Waals surface area contributed by atoms with Gasteiger partial charge < -0.3 is 14.4 Å². The molecule has 1 aromatic heterocycles. The summed E-state index contributed by atoms with van der Waals surface area (Å²) in [5, 5.41) is 0. The SMILES string of the molecule is COc1ncc(C(F)(F)F)c(N(C)c2ccc(OCC(C)C)cc2)n1. The van der Waals surface area contributed by atoms with Crippen molar-refractivity contribution in [1.82, 2.24) is 9.97 Å². The second kappa shape index (κ2) is 7.58. The van der Waals surface area contributed by atoms with E-state index in [4.69, 9.17) is 9.47 Å². The van der Waals surface area contributed by atoms with Gasteiger partial charge in [-0.15, -0.1) is 0 Å². The van der Waals surface area contributed by atoms with E-state index in [1.165, 1.54) is 19.1 Å². The quantitative estimate of drug-likeness (QED) is 0.773. The Morgan fingerprint density at radius 2 is 1.80 bits per heavy atom. The summed E-state index contributed by atoms with van der Waals surface area (Å²) in [4.78, 5) is 8.75. The number of benzene rings is 1. The molecule has 0 amide bonds. The second-order valence-electron chi connectivity index (χ2n) is 5.85. The van der Waals surface area contributed by atoms with Crippen LogP contribution in [-0.4, -0.2) is 30.7 Å². The summed E-state index contributed by atoms with van der Waals surface area (Å²) in [6.45, 7) is 4.63. The maximum absolute atomic E-state index is 13.2. The van der Waals surface area contributed by atoms with Gasteiger partial charge in [-0.2, -0.15) is 18.2 Å². The molecule has 0 spiro atoms. The molecule has 0 aliphatic carbocycles. The van der Waals surface area contributed by atoms with E-state index in [1.807, 2.05) is 13.8 Å². The van der Waals surface area contributed by atoms with Crippen LogP contribution in [0.5, 0.6) is 11.8 Å². The van der Waals surface area contributed by atoms with E-state index in [0.29, 0.717) is 24.0 Å². The minimum absolute atomic E-state index is 0.133. The van der Waals surface area contributed by atoms with E-state index < -0.39 is 11.7 Å². The first-order valence-electron chi connectivity index (χ1n) is 7.67. The lowest BCUT2D eigenvalue weighted by molar-refractivity contribution is -0.137. The maximum Gasteiger partial charge on any atom is 0.421 e. The molecule has 2 rings (SSSR count). The third kappa shape index (κ3) is 4.74. The van der Waals surface area contributed by atoms with Crippen molar-refractivity contribution >= 4 is 11.5 Å². The van der Waals surface area contributed by atoms with Gasteiger partial charge in [0.15, 0.2) is 5.82 Å². The highest BCUT2D eigenvalue weighted by molar-refractivity contribution is 5.63. The normalized spacial score (nSPS) is 11.5. The van der Waals surface area contributed by atoms with Crippen LogP contribution in [0.25, 0.3) is 0 Å². The lowest BCUT2D eigenvalue weighted by atomic mass is 10.2. The third-order valence-electron chi connectivity index (χ3n) is 3.36. The molecule has 0 unspecified atom stereocenters. The predicted octanol–water partition coefficient (Wildman–Crippen LogP) is 4.31. The topological polar surface area (TPSA) is 47.5 Å². The summed E-state index contributed by atoms with van der Waals surface area (Å²) in [5.41, 5.74) is -0.404. The number of halogens is 3. The number of ether oxygens (including phenoxy) is 2. The molecule has 0 fully saturated rings. The highest BCUT2D eigenvalue weighted by Gasteiger charge is 2.36. The van der Waals surface area contributed by atoms with Gasteiger partial charge >= 0.3 is 12.2 Å². The van der Waals surface area contributed by atoms with Crippen molar-refractivity contribution in [1.29, 1.82) is 0 Å². The molecule has 1 heterocycles. The minimum atomic E-state index is -4.57. The van der Waals surface area contributed by atoms with Crippen LogP contribution in [0, 0.1) is 5.92 Å². The van der Waals surface area contributed by atoms with Crippen LogP contribution in [0.15, 0.2) is 30.5 Å². The lowest BCUT2D eigenvalue weighted by Crippen LogP contribution is -2.19. The van der Waals surface area contributed by atoms with Crippen LogP contribution < -0.4 is 14.4 Å². The maximum atomic E-state index is 13.2. The van der Waals surface area contributed by atoms with E-state index in [0.717, 1.165) is 6.20 Å². The molecule has 136 valence electrons. The smallest absolute Gasteiger partial charge is 0.421 e. The van der Waals surface area contributed by atoms with Gasteiger partial charge in [0.2, 0.25) is 0 Å². The number of rotatable bonds is 6. The van der Waals surface area contributed by atoms with Crippen LogP contribution >= 0.6 is 0 Å². The molecule has 8 heteroatoms. The first-order valence-corrected chi connectivity index (χ1v) is 7.67. The van der Waals surface area contributed by atoms with Gasteiger partial charge in [0, 0.05) is 18.9 Å². The monoisotopic (exact) mass is 355 g/mol. The van der Waals surface area contributed by atoms with Crippen LogP contribution in [-0.2, 0) is 6.18 Å². The Bertz CT molecular complexity index is 703. The van der Waals surface area contributed by atoms with Gasteiger partial charge in [-0.3, -0.25) is 0 Å².